The lowest BCUT2D eigenvalue weighted by Crippen LogP contribution is -1.82. The summed E-state index contributed by atoms with van der Waals surface area (Å²) >= 11 is 0. The number of carbonyl (C=O) groups excluding carboxylic acids is 1. The lowest BCUT2D eigenvalue weighted by atomic mass is 10.1. The quantitative estimate of drug-likeness (QED) is 0.645. The minimum absolute atomic E-state index is 0.0879. The van der Waals surface area contributed by atoms with Gasteiger partial charge in [-0.25, -0.2) is 8.78 Å². The number of carbonyl (C=O) groups is 1. The second-order valence-electron chi connectivity index (χ2n) is 4.16. The average Bonchev–Trinajstić information content (AvgIpc) is 2.84. The predicted octanol–water partition coefficient (Wildman–Crippen LogP) is 4.19. The van der Waals surface area contributed by atoms with Crippen LogP contribution in [0.15, 0.2) is 46.9 Å². The van der Waals surface area contributed by atoms with Crippen molar-refractivity contribution in [3.63, 3.8) is 0 Å². The van der Waals surface area contributed by atoms with Crippen molar-refractivity contribution in [1.82, 2.24) is 0 Å². The van der Waals surface area contributed by atoms with Gasteiger partial charge in [0.1, 0.15) is 17.9 Å². The Labute approximate surface area is 107 Å². The van der Waals surface area contributed by atoms with Crippen LogP contribution in [-0.2, 0) is 0 Å². The molecule has 0 saturated carbocycles. The van der Waals surface area contributed by atoms with E-state index in [1.807, 2.05) is 0 Å². The first kappa shape index (κ1) is 11.6. The normalized spacial score (nSPS) is 10.8. The Kier molecular flexibility index (Phi) is 2.63. The highest BCUT2D eigenvalue weighted by Crippen LogP contribution is 2.30. The highest BCUT2D eigenvalue weighted by atomic mass is 19.1. The standard InChI is InChI=1S/C15H8F2O2/c16-12-3-1-10(2-4-12)14-7-11-5-9(8-18)6-13(17)15(11)19-14/h1-8H. The van der Waals surface area contributed by atoms with E-state index >= 15 is 0 Å². The maximum atomic E-state index is 13.7. The zero-order chi connectivity index (χ0) is 13.4. The molecule has 0 saturated heterocycles. The van der Waals surface area contributed by atoms with Crippen LogP contribution in [0.3, 0.4) is 0 Å². The smallest absolute Gasteiger partial charge is 0.170 e. The zero-order valence-electron chi connectivity index (χ0n) is 9.69. The van der Waals surface area contributed by atoms with E-state index in [2.05, 4.69) is 0 Å². The average molecular weight is 258 g/mol. The Hall–Kier alpha value is -2.49. The van der Waals surface area contributed by atoms with E-state index in [1.54, 1.807) is 24.3 Å². The molecule has 0 N–H and O–H groups in total. The highest BCUT2D eigenvalue weighted by Gasteiger charge is 2.11. The van der Waals surface area contributed by atoms with Gasteiger partial charge in [0, 0.05) is 16.5 Å². The molecule has 3 rings (SSSR count). The van der Waals surface area contributed by atoms with E-state index < -0.39 is 5.82 Å². The number of halogens is 2. The topological polar surface area (TPSA) is 30.2 Å². The van der Waals surface area contributed by atoms with Crippen molar-refractivity contribution in [2.45, 2.75) is 0 Å². The minimum Gasteiger partial charge on any atom is -0.453 e. The van der Waals surface area contributed by atoms with Crippen LogP contribution >= 0.6 is 0 Å². The summed E-state index contributed by atoms with van der Waals surface area (Å²) in [7, 11) is 0. The number of fused-ring (bicyclic) bond motifs is 1. The molecule has 0 aliphatic carbocycles. The third-order valence-electron chi connectivity index (χ3n) is 2.86. The number of hydrogen-bond donors (Lipinski definition) is 0. The molecule has 3 aromatic rings. The van der Waals surface area contributed by atoms with Gasteiger partial charge < -0.3 is 4.42 Å². The van der Waals surface area contributed by atoms with Gasteiger partial charge in [-0.05, 0) is 42.5 Å². The van der Waals surface area contributed by atoms with Crippen LogP contribution in [0.1, 0.15) is 10.4 Å². The SMILES string of the molecule is O=Cc1cc(F)c2oc(-c3ccc(F)cc3)cc2c1. The predicted molar refractivity (Wildman–Crippen MR) is 67.0 cm³/mol. The summed E-state index contributed by atoms with van der Waals surface area (Å²) in [6, 6.07) is 9.98. The summed E-state index contributed by atoms with van der Waals surface area (Å²) in [5.74, 6) is -0.515. The molecular weight excluding hydrogens is 250 g/mol. The molecule has 0 bridgehead atoms. The Balaban J connectivity index is 2.18. The highest BCUT2D eigenvalue weighted by molar-refractivity contribution is 5.89. The van der Waals surface area contributed by atoms with Crippen LogP contribution < -0.4 is 0 Å². The first-order chi connectivity index (χ1) is 9.17. The van der Waals surface area contributed by atoms with Crippen molar-refractivity contribution < 1.29 is 18.0 Å². The maximum Gasteiger partial charge on any atom is 0.170 e. The van der Waals surface area contributed by atoms with Gasteiger partial charge in [-0.1, -0.05) is 0 Å². The summed E-state index contributed by atoms with van der Waals surface area (Å²) in [5, 5.41) is 0.501. The molecule has 0 aliphatic rings. The molecule has 19 heavy (non-hydrogen) atoms. The molecule has 94 valence electrons. The molecule has 0 radical (unpaired) electrons. The lowest BCUT2D eigenvalue weighted by Gasteiger charge is -1.95. The largest absolute Gasteiger partial charge is 0.453 e. The van der Waals surface area contributed by atoms with E-state index in [1.165, 1.54) is 12.1 Å². The Bertz CT molecular complexity index is 758. The second-order valence-corrected chi connectivity index (χ2v) is 4.16. The monoisotopic (exact) mass is 258 g/mol. The summed E-state index contributed by atoms with van der Waals surface area (Å²) in [6.07, 6.45) is 0.576. The van der Waals surface area contributed by atoms with Crippen molar-refractivity contribution >= 4 is 17.3 Å². The Morgan fingerprint density at radius 3 is 2.42 bits per heavy atom. The van der Waals surface area contributed by atoms with Crippen LogP contribution in [0.25, 0.3) is 22.3 Å². The summed E-state index contributed by atoms with van der Waals surface area (Å²) in [5.41, 5.74) is 0.978. The van der Waals surface area contributed by atoms with Crippen LogP contribution in [0.5, 0.6) is 0 Å². The van der Waals surface area contributed by atoms with E-state index in [0.717, 1.165) is 6.07 Å². The fraction of sp³-hybridized carbons (Fsp3) is 0. The van der Waals surface area contributed by atoms with Crippen molar-refractivity contribution in [2.75, 3.05) is 0 Å². The number of benzene rings is 2. The van der Waals surface area contributed by atoms with Crippen LogP contribution in [0.4, 0.5) is 8.78 Å². The van der Waals surface area contributed by atoms with Gasteiger partial charge in [0.05, 0.1) is 0 Å². The fourth-order valence-electron chi connectivity index (χ4n) is 1.96. The van der Waals surface area contributed by atoms with E-state index in [4.69, 9.17) is 4.42 Å². The van der Waals surface area contributed by atoms with Crippen LogP contribution in [-0.4, -0.2) is 6.29 Å². The molecule has 0 fully saturated rings. The number of furan rings is 1. The van der Waals surface area contributed by atoms with Gasteiger partial charge in [0.2, 0.25) is 0 Å². The van der Waals surface area contributed by atoms with Gasteiger partial charge >= 0.3 is 0 Å². The fourth-order valence-corrected chi connectivity index (χ4v) is 1.96. The van der Waals surface area contributed by atoms with Gasteiger partial charge in [-0.2, -0.15) is 0 Å². The first-order valence-corrected chi connectivity index (χ1v) is 5.61. The van der Waals surface area contributed by atoms with Gasteiger partial charge in [-0.3, -0.25) is 4.79 Å². The van der Waals surface area contributed by atoms with Crippen molar-refractivity contribution in [2.24, 2.45) is 0 Å². The molecule has 1 aromatic heterocycles. The first-order valence-electron chi connectivity index (χ1n) is 5.61. The third-order valence-corrected chi connectivity index (χ3v) is 2.86. The molecule has 2 nitrogen and oxygen atoms in total. The Morgan fingerprint density at radius 2 is 1.74 bits per heavy atom. The van der Waals surface area contributed by atoms with Crippen LogP contribution in [0, 0.1) is 11.6 Å². The molecule has 1 heterocycles. The molecular formula is C15H8F2O2. The summed E-state index contributed by atoms with van der Waals surface area (Å²) in [4.78, 5) is 10.7. The van der Waals surface area contributed by atoms with Gasteiger partial charge in [0.25, 0.3) is 0 Å². The molecule has 0 amide bonds. The zero-order valence-corrected chi connectivity index (χ0v) is 9.69. The molecule has 2 aromatic carbocycles. The van der Waals surface area contributed by atoms with Gasteiger partial charge in [0.15, 0.2) is 11.4 Å². The van der Waals surface area contributed by atoms with E-state index in [0.29, 0.717) is 23.0 Å². The van der Waals surface area contributed by atoms with E-state index in [-0.39, 0.29) is 17.0 Å². The molecule has 0 spiro atoms. The van der Waals surface area contributed by atoms with Crippen molar-refractivity contribution in [3.8, 4) is 11.3 Å². The number of rotatable bonds is 2. The molecule has 4 heteroatoms. The Morgan fingerprint density at radius 1 is 1.00 bits per heavy atom. The van der Waals surface area contributed by atoms with Gasteiger partial charge in [-0.15, -0.1) is 0 Å². The number of hydrogen-bond acceptors (Lipinski definition) is 2. The summed E-state index contributed by atoms with van der Waals surface area (Å²) < 4.78 is 32.0. The second kappa shape index (κ2) is 4.31. The summed E-state index contributed by atoms with van der Waals surface area (Å²) in [6.45, 7) is 0. The maximum absolute atomic E-state index is 13.7. The number of aldehydes is 1. The van der Waals surface area contributed by atoms with Crippen molar-refractivity contribution in [3.05, 3.63) is 59.7 Å². The third kappa shape index (κ3) is 2.01. The molecule has 0 unspecified atom stereocenters. The van der Waals surface area contributed by atoms with Crippen molar-refractivity contribution in [1.29, 1.82) is 0 Å². The molecule has 0 atom stereocenters. The van der Waals surface area contributed by atoms with Crippen LogP contribution in [0.2, 0.25) is 0 Å². The lowest BCUT2D eigenvalue weighted by molar-refractivity contribution is 0.112. The molecule has 0 aliphatic heterocycles. The minimum atomic E-state index is -0.590. The van der Waals surface area contributed by atoms with E-state index in [9.17, 15) is 13.6 Å².